The first-order valence-electron chi connectivity index (χ1n) is 9.81. The van der Waals surface area contributed by atoms with Gasteiger partial charge in [0, 0.05) is 18.3 Å². The van der Waals surface area contributed by atoms with E-state index in [2.05, 4.69) is 28.2 Å². The van der Waals surface area contributed by atoms with Crippen molar-refractivity contribution in [3.8, 4) is 0 Å². The number of hydrogen-bond donors (Lipinski definition) is 2. The van der Waals surface area contributed by atoms with Crippen LogP contribution in [-0.4, -0.2) is 26.3 Å². The lowest BCUT2D eigenvalue weighted by atomic mass is 9.86. The molecule has 0 aromatic heterocycles. The summed E-state index contributed by atoms with van der Waals surface area (Å²) in [5.74, 6) is 0.638. The molecule has 1 fully saturated rings. The predicted octanol–water partition coefficient (Wildman–Crippen LogP) is 3.86. The third-order valence-corrected chi connectivity index (χ3v) is 7.68. The van der Waals surface area contributed by atoms with E-state index in [1.165, 1.54) is 42.5 Å². The van der Waals surface area contributed by atoms with Crippen LogP contribution in [0.1, 0.15) is 63.5 Å². The number of nitrogens with one attached hydrogen (secondary N) is 2. The molecule has 140 valence electrons. The topological polar surface area (TPSA) is 58.2 Å². The molecular formula is C20H32N2O2S. The number of rotatable bonds is 6. The van der Waals surface area contributed by atoms with Gasteiger partial charge >= 0.3 is 0 Å². The van der Waals surface area contributed by atoms with Crippen LogP contribution in [0.25, 0.3) is 0 Å². The second kappa shape index (κ2) is 8.09. The van der Waals surface area contributed by atoms with Crippen molar-refractivity contribution >= 4 is 15.7 Å². The van der Waals surface area contributed by atoms with Gasteiger partial charge in [-0.05, 0) is 88.3 Å². The molecule has 3 rings (SSSR count). The molecule has 0 amide bonds. The van der Waals surface area contributed by atoms with E-state index in [1.807, 2.05) is 0 Å². The van der Waals surface area contributed by atoms with E-state index in [-0.39, 0.29) is 11.3 Å². The molecule has 2 aliphatic rings. The molecule has 0 radical (unpaired) electrons. The summed E-state index contributed by atoms with van der Waals surface area (Å²) in [6, 6.07) is 6.77. The Balaban J connectivity index is 1.49. The summed E-state index contributed by atoms with van der Waals surface area (Å²) in [7, 11) is -3.15. The van der Waals surface area contributed by atoms with Crippen LogP contribution >= 0.6 is 0 Å². The highest BCUT2D eigenvalue weighted by atomic mass is 32.2. The summed E-state index contributed by atoms with van der Waals surface area (Å²) in [4.78, 5) is 0. The van der Waals surface area contributed by atoms with Crippen molar-refractivity contribution in [1.29, 1.82) is 0 Å². The fourth-order valence-corrected chi connectivity index (χ4v) is 5.03. The zero-order valence-electron chi connectivity index (χ0n) is 15.6. The number of aryl methyl sites for hydroxylation is 1. The molecule has 5 heteroatoms. The highest BCUT2D eigenvalue weighted by Gasteiger charge is 2.26. The minimum absolute atomic E-state index is 0.119. The highest BCUT2D eigenvalue weighted by molar-refractivity contribution is 7.90. The van der Waals surface area contributed by atoms with E-state index < -0.39 is 10.0 Å². The first kappa shape index (κ1) is 18.7. The zero-order valence-corrected chi connectivity index (χ0v) is 16.4. The molecule has 25 heavy (non-hydrogen) atoms. The van der Waals surface area contributed by atoms with E-state index in [0.29, 0.717) is 5.92 Å². The lowest BCUT2D eigenvalue weighted by Gasteiger charge is -2.30. The van der Waals surface area contributed by atoms with Crippen LogP contribution in [0, 0.1) is 5.92 Å². The number of anilines is 1. The third-order valence-electron chi connectivity index (χ3n) is 5.78. The maximum Gasteiger partial charge on any atom is 0.214 e. The molecule has 0 unspecified atom stereocenters. The molecule has 1 aromatic carbocycles. The summed E-state index contributed by atoms with van der Waals surface area (Å²) >= 11 is 0. The molecule has 4 nitrogen and oxygen atoms in total. The fourth-order valence-electron chi connectivity index (χ4n) is 4.05. The lowest BCUT2D eigenvalue weighted by Crippen LogP contribution is -2.41. The van der Waals surface area contributed by atoms with Gasteiger partial charge in [0.1, 0.15) is 0 Å². The Hall–Kier alpha value is -1.07. The summed E-state index contributed by atoms with van der Waals surface area (Å²) in [5.41, 5.74) is 4.36. The Kier molecular flexibility index (Phi) is 6.05. The largest absolute Gasteiger partial charge is 0.385 e. The van der Waals surface area contributed by atoms with Gasteiger partial charge in [-0.25, -0.2) is 13.1 Å². The molecule has 2 N–H and O–H groups in total. The van der Waals surface area contributed by atoms with Gasteiger partial charge in [0.05, 0.1) is 5.25 Å². The second-order valence-corrected chi connectivity index (χ2v) is 10.2. The van der Waals surface area contributed by atoms with Crippen molar-refractivity contribution < 1.29 is 8.42 Å². The Morgan fingerprint density at radius 1 is 1.08 bits per heavy atom. The maximum absolute atomic E-state index is 12.0. The Morgan fingerprint density at radius 2 is 1.80 bits per heavy atom. The molecule has 0 bridgehead atoms. The molecule has 0 aliphatic heterocycles. The number of fused-ring (bicyclic) bond motifs is 1. The van der Waals surface area contributed by atoms with Crippen LogP contribution in [0.2, 0.25) is 0 Å². The summed E-state index contributed by atoms with van der Waals surface area (Å²) in [6.45, 7) is 4.47. The minimum atomic E-state index is -3.15. The lowest BCUT2D eigenvalue weighted by molar-refractivity contribution is 0.323. The van der Waals surface area contributed by atoms with E-state index >= 15 is 0 Å². The van der Waals surface area contributed by atoms with E-state index in [0.717, 1.165) is 32.2 Å². The van der Waals surface area contributed by atoms with Crippen LogP contribution in [0.4, 0.5) is 5.69 Å². The van der Waals surface area contributed by atoms with Crippen molar-refractivity contribution in [2.75, 3.05) is 11.9 Å². The molecule has 0 saturated heterocycles. The highest BCUT2D eigenvalue weighted by Crippen LogP contribution is 2.30. The van der Waals surface area contributed by atoms with Crippen LogP contribution in [-0.2, 0) is 22.9 Å². The Bertz CT molecular complexity index is 677. The normalized spacial score (nSPS) is 24.1. The Labute approximate surface area is 152 Å². The molecule has 2 aliphatic carbocycles. The van der Waals surface area contributed by atoms with Crippen molar-refractivity contribution in [3.05, 3.63) is 29.3 Å². The summed E-state index contributed by atoms with van der Waals surface area (Å²) in [6.07, 6.45) is 9.10. The summed E-state index contributed by atoms with van der Waals surface area (Å²) < 4.78 is 26.9. The maximum atomic E-state index is 12.0. The number of benzene rings is 1. The predicted molar refractivity (Wildman–Crippen MR) is 105 cm³/mol. The minimum Gasteiger partial charge on any atom is -0.385 e. The van der Waals surface area contributed by atoms with Crippen molar-refractivity contribution in [2.45, 2.75) is 76.5 Å². The van der Waals surface area contributed by atoms with E-state index in [9.17, 15) is 8.42 Å². The average Bonchev–Trinajstić information content (AvgIpc) is 2.60. The Morgan fingerprint density at radius 3 is 2.52 bits per heavy atom. The van der Waals surface area contributed by atoms with Gasteiger partial charge in [-0.2, -0.15) is 0 Å². The van der Waals surface area contributed by atoms with Gasteiger partial charge < -0.3 is 5.32 Å². The monoisotopic (exact) mass is 364 g/mol. The molecule has 0 spiro atoms. The van der Waals surface area contributed by atoms with Gasteiger partial charge in [-0.3, -0.25) is 0 Å². The van der Waals surface area contributed by atoms with Gasteiger partial charge in [-0.15, -0.1) is 0 Å². The van der Waals surface area contributed by atoms with Gasteiger partial charge in [0.2, 0.25) is 10.0 Å². The van der Waals surface area contributed by atoms with Crippen LogP contribution in [0.5, 0.6) is 0 Å². The third kappa shape index (κ3) is 4.76. The molecule has 0 atom stereocenters. The van der Waals surface area contributed by atoms with Crippen LogP contribution < -0.4 is 10.0 Å². The molecular weight excluding hydrogens is 332 g/mol. The zero-order chi connectivity index (χ0) is 17.9. The SMILES string of the molecule is CC(C)S(=O)(=O)N[C@H]1CC[C@H](CNc2cccc3c2CCCC3)CC1. The van der Waals surface area contributed by atoms with Crippen molar-refractivity contribution in [2.24, 2.45) is 5.92 Å². The second-order valence-electron chi connectivity index (χ2n) is 7.96. The quantitative estimate of drug-likeness (QED) is 0.806. The number of hydrogen-bond acceptors (Lipinski definition) is 3. The average molecular weight is 365 g/mol. The van der Waals surface area contributed by atoms with Crippen molar-refractivity contribution in [1.82, 2.24) is 4.72 Å². The van der Waals surface area contributed by atoms with E-state index in [1.54, 1.807) is 13.8 Å². The molecule has 1 saturated carbocycles. The number of sulfonamides is 1. The first-order valence-corrected chi connectivity index (χ1v) is 11.4. The molecule has 1 aromatic rings. The standard InChI is InChI=1S/C20H32N2O2S/c1-15(2)25(23,24)22-18-12-10-16(11-13-18)14-21-20-9-5-7-17-6-3-4-8-19(17)20/h5,7,9,15-16,18,21-22H,3-4,6,8,10-14H2,1-2H3/t16-,18-. The van der Waals surface area contributed by atoms with Crippen LogP contribution in [0.3, 0.4) is 0 Å². The van der Waals surface area contributed by atoms with Crippen LogP contribution in [0.15, 0.2) is 18.2 Å². The smallest absolute Gasteiger partial charge is 0.214 e. The molecule has 0 heterocycles. The van der Waals surface area contributed by atoms with Gasteiger partial charge in [0.25, 0.3) is 0 Å². The summed E-state index contributed by atoms with van der Waals surface area (Å²) in [5, 5.41) is 3.33. The fraction of sp³-hybridized carbons (Fsp3) is 0.700. The van der Waals surface area contributed by atoms with E-state index in [4.69, 9.17) is 0 Å². The van der Waals surface area contributed by atoms with Gasteiger partial charge in [-0.1, -0.05) is 12.1 Å². The van der Waals surface area contributed by atoms with Crippen molar-refractivity contribution in [3.63, 3.8) is 0 Å². The van der Waals surface area contributed by atoms with Gasteiger partial charge in [0.15, 0.2) is 0 Å². The first-order chi connectivity index (χ1) is 12.0.